The van der Waals surface area contributed by atoms with E-state index in [1.54, 1.807) is 32.0 Å². The molecule has 1 aliphatic rings. The second-order valence-electron chi connectivity index (χ2n) is 5.26. The first-order valence-electron chi connectivity index (χ1n) is 7.04. The standard InChI is InChI=1S/C17H16FNO3/c1-10-7-8-12(18)9-13(10)19-17(20)16-11(2)21-14-5-3-4-6-15(14)22-16/h3-9,11,16H,1-2H3,(H,19,20)/t11-,16-/m0/s1. The maximum atomic E-state index is 13.3. The minimum Gasteiger partial charge on any atom is -0.482 e. The Morgan fingerprint density at radius 3 is 2.55 bits per heavy atom. The number of hydrogen-bond acceptors (Lipinski definition) is 3. The van der Waals surface area contributed by atoms with Gasteiger partial charge < -0.3 is 14.8 Å². The molecule has 1 N–H and O–H groups in total. The van der Waals surface area contributed by atoms with E-state index in [0.717, 1.165) is 5.56 Å². The molecule has 0 unspecified atom stereocenters. The van der Waals surface area contributed by atoms with Crippen LogP contribution in [0.5, 0.6) is 11.5 Å². The number of fused-ring (bicyclic) bond motifs is 1. The summed E-state index contributed by atoms with van der Waals surface area (Å²) in [4.78, 5) is 12.4. The Morgan fingerprint density at radius 1 is 1.14 bits per heavy atom. The maximum Gasteiger partial charge on any atom is 0.269 e. The summed E-state index contributed by atoms with van der Waals surface area (Å²) in [6, 6.07) is 11.4. The molecule has 0 aromatic heterocycles. The van der Waals surface area contributed by atoms with Gasteiger partial charge in [-0.3, -0.25) is 4.79 Å². The number of hydrogen-bond donors (Lipinski definition) is 1. The molecule has 0 spiro atoms. The highest BCUT2D eigenvalue weighted by molar-refractivity contribution is 5.95. The molecule has 0 saturated carbocycles. The number of carbonyl (C=O) groups excluding carboxylic acids is 1. The Bertz CT molecular complexity index is 717. The number of anilines is 1. The second-order valence-corrected chi connectivity index (χ2v) is 5.26. The molecule has 5 heteroatoms. The molecule has 0 bridgehead atoms. The quantitative estimate of drug-likeness (QED) is 0.926. The van der Waals surface area contributed by atoms with Gasteiger partial charge in [0.15, 0.2) is 11.5 Å². The number of halogens is 1. The molecule has 114 valence electrons. The van der Waals surface area contributed by atoms with Gasteiger partial charge in [-0.15, -0.1) is 0 Å². The van der Waals surface area contributed by atoms with Crippen LogP contribution in [-0.2, 0) is 4.79 Å². The average Bonchev–Trinajstić information content (AvgIpc) is 2.50. The number of para-hydroxylation sites is 2. The summed E-state index contributed by atoms with van der Waals surface area (Å²) >= 11 is 0. The molecule has 1 aliphatic heterocycles. The SMILES string of the molecule is Cc1ccc(F)cc1NC(=O)[C@H]1Oc2ccccc2O[C@H]1C. The van der Waals surface area contributed by atoms with E-state index in [-0.39, 0.29) is 5.91 Å². The molecule has 0 aliphatic carbocycles. The predicted octanol–water partition coefficient (Wildman–Crippen LogP) is 3.30. The fraction of sp³-hybridized carbons (Fsp3) is 0.235. The van der Waals surface area contributed by atoms with Crippen LogP contribution in [-0.4, -0.2) is 18.1 Å². The third-order valence-electron chi connectivity index (χ3n) is 3.56. The molecule has 0 saturated heterocycles. The maximum absolute atomic E-state index is 13.3. The predicted molar refractivity (Wildman–Crippen MR) is 80.7 cm³/mol. The number of aryl methyl sites for hydroxylation is 1. The van der Waals surface area contributed by atoms with Gasteiger partial charge >= 0.3 is 0 Å². The number of nitrogens with one attached hydrogen (secondary N) is 1. The van der Waals surface area contributed by atoms with Gasteiger partial charge in [-0.2, -0.15) is 0 Å². The highest BCUT2D eigenvalue weighted by Gasteiger charge is 2.34. The molecule has 4 nitrogen and oxygen atoms in total. The zero-order chi connectivity index (χ0) is 15.7. The first kappa shape index (κ1) is 14.4. The summed E-state index contributed by atoms with van der Waals surface area (Å²) in [5, 5.41) is 2.70. The summed E-state index contributed by atoms with van der Waals surface area (Å²) in [5.74, 6) is 0.369. The normalized spacial score (nSPS) is 19.6. The lowest BCUT2D eigenvalue weighted by Gasteiger charge is -2.31. The molecular formula is C17H16FNO3. The summed E-state index contributed by atoms with van der Waals surface area (Å²) in [5.41, 5.74) is 1.21. The van der Waals surface area contributed by atoms with Crippen LogP contribution in [0, 0.1) is 12.7 Å². The Hall–Kier alpha value is -2.56. The van der Waals surface area contributed by atoms with Crippen molar-refractivity contribution in [1.29, 1.82) is 0 Å². The van der Waals surface area contributed by atoms with Crippen molar-refractivity contribution in [1.82, 2.24) is 0 Å². The molecule has 1 amide bonds. The molecule has 2 aromatic rings. The Labute approximate surface area is 127 Å². The van der Waals surface area contributed by atoms with Crippen LogP contribution in [0.25, 0.3) is 0 Å². The van der Waals surface area contributed by atoms with Crippen LogP contribution in [0.2, 0.25) is 0 Å². The van der Waals surface area contributed by atoms with Crippen molar-refractivity contribution in [2.45, 2.75) is 26.1 Å². The zero-order valence-electron chi connectivity index (χ0n) is 12.3. The fourth-order valence-electron chi connectivity index (χ4n) is 2.34. The van der Waals surface area contributed by atoms with Crippen molar-refractivity contribution in [3.63, 3.8) is 0 Å². The van der Waals surface area contributed by atoms with Gasteiger partial charge in [0, 0.05) is 5.69 Å². The first-order chi connectivity index (χ1) is 10.5. The average molecular weight is 301 g/mol. The Kier molecular flexibility index (Phi) is 3.71. The lowest BCUT2D eigenvalue weighted by Crippen LogP contribution is -2.46. The number of rotatable bonds is 2. The molecule has 0 fully saturated rings. The molecule has 3 rings (SSSR count). The third kappa shape index (κ3) is 2.74. The van der Waals surface area contributed by atoms with Crippen molar-refractivity contribution in [2.24, 2.45) is 0 Å². The van der Waals surface area contributed by atoms with Crippen molar-refractivity contribution >= 4 is 11.6 Å². The van der Waals surface area contributed by atoms with Crippen molar-refractivity contribution < 1.29 is 18.7 Å². The zero-order valence-corrected chi connectivity index (χ0v) is 12.3. The Balaban J connectivity index is 1.79. The molecular weight excluding hydrogens is 285 g/mol. The van der Waals surface area contributed by atoms with Gasteiger partial charge in [-0.25, -0.2) is 4.39 Å². The van der Waals surface area contributed by atoms with Crippen LogP contribution < -0.4 is 14.8 Å². The number of ether oxygens (including phenoxy) is 2. The van der Waals surface area contributed by atoms with E-state index < -0.39 is 18.0 Å². The topological polar surface area (TPSA) is 47.6 Å². The molecule has 2 atom stereocenters. The minimum atomic E-state index is -0.794. The highest BCUT2D eigenvalue weighted by atomic mass is 19.1. The van der Waals surface area contributed by atoms with Crippen molar-refractivity contribution in [3.8, 4) is 11.5 Å². The molecule has 1 heterocycles. The van der Waals surface area contributed by atoms with Gasteiger partial charge in [0.05, 0.1) is 0 Å². The van der Waals surface area contributed by atoms with E-state index in [1.807, 2.05) is 12.1 Å². The van der Waals surface area contributed by atoms with Crippen LogP contribution in [0.15, 0.2) is 42.5 Å². The molecule has 2 aromatic carbocycles. The van der Waals surface area contributed by atoms with E-state index in [9.17, 15) is 9.18 Å². The van der Waals surface area contributed by atoms with Crippen LogP contribution in [0.3, 0.4) is 0 Å². The van der Waals surface area contributed by atoms with E-state index in [0.29, 0.717) is 17.2 Å². The van der Waals surface area contributed by atoms with Crippen LogP contribution in [0.4, 0.5) is 10.1 Å². The number of benzene rings is 2. The van der Waals surface area contributed by atoms with Gasteiger partial charge in [0.1, 0.15) is 11.9 Å². The molecule has 0 radical (unpaired) electrons. The van der Waals surface area contributed by atoms with Crippen LogP contribution in [0.1, 0.15) is 12.5 Å². The highest BCUT2D eigenvalue weighted by Crippen LogP contribution is 2.33. The van der Waals surface area contributed by atoms with Gasteiger partial charge in [-0.05, 0) is 43.7 Å². The lowest BCUT2D eigenvalue weighted by molar-refractivity contribution is -0.128. The number of amides is 1. The van der Waals surface area contributed by atoms with Gasteiger partial charge in [0.25, 0.3) is 5.91 Å². The summed E-state index contributed by atoms with van der Waals surface area (Å²) < 4.78 is 24.7. The first-order valence-corrected chi connectivity index (χ1v) is 7.04. The van der Waals surface area contributed by atoms with Crippen molar-refractivity contribution in [3.05, 3.63) is 53.8 Å². The fourth-order valence-corrected chi connectivity index (χ4v) is 2.34. The summed E-state index contributed by atoms with van der Waals surface area (Å²) in [6.45, 7) is 3.56. The van der Waals surface area contributed by atoms with E-state index in [1.165, 1.54) is 12.1 Å². The summed E-state index contributed by atoms with van der Waals surface area (Å²) in [7, 11) is 0. The van der Waals surface area contributed by atoms with Crippen molar-refractivity contribution in [2.75, 3.05) is 5.32 Å². The van der Waals surface area contributed by atoms with E-state index >= 15 is 0 Å². The third-order valence-corrected chi connectivity index (χ3v) is 3.56. The van der Waals surface area contributed by atoms with E-state index in [2.05, 4.69) is 5.32 Å². The Morgan fingerprint density at radius 2 is 1.82 bits per heavy atom. The minimum absolute atomic E-state index is 0.365. The van der Waals surface area contributed by atoms with Crippen LogP contribution >= 0.6 is 0 Å². The number of carbonyl (C=O) groups is 1. The smallest absolute Gasteiger partial charge is 0.269 e. The van der Waals surface area contributed by atoms with Gasteiger partial charge in [-0.1, -0.05) is 18.2 Å². The summed E-state index contributed by atoms with van der Waals surface area (Å²) in [6.07, 6.45) is -1.23. The van der Waals surface area contributed by atoms with E-state index in [4.69, 9.17) is 9.47 Å². The lowest BCUT2D eigenvalue weighted by atomic mass is 10.1. The van der Waals surface area contributed by atoms with Gasteiger partial charge in [0.2, 0.25) is 6.10 Å². The molecule has 22 heavy (non-hydrogen) atoms. The second kappa shape index (κ2) is 5.67. The monoisotopic (exact) mass is 301 g/mol. The largest absolute Gasteiger partial charge is 0.482 e.